The molecule has 0 spiro atoms. The van der Waals surface area contributed by atoms with Gasteiger partial charge >= 0.3 is 4.87 Å². The maximum Gasteiger partial charge on any atom is 0.307 e. The maximum atomic E-state index is 12.9. The molecule has 0 aliphatic carbocycles. The first-order valence-corrected chi connectivity index (χ1v) is 9.51. The lowest BCUT2D eigenvalue weighted by molar-refractivity contribution is -0.134. The van der Waals surface area contributed by atoms with E-state index < -0.39 is 0 Å². The predicted molar refractivity (Wildman–Crippen MR) is 94.3 cm³/mol. The van der Waals surface area contributed by atoms with Crippen molar-refractivity contribution in [3.63, 3.8) is 0 Å². The lowest BCUT2D eigenvalue weighted by Gasteiger charge is -2.29. The molecule has 2 aromatic rings. The molecule has 1 saturated heterocycles. The summed E-state index contributed by atoms with van der Waals surface area (Å²) in [4.78, 5) is 26.7. The minimum Gasteiger partial charge on any atom is -0.464 e. The Morgan fingerprint density at radius 2 is 2.17 bits per heavy atom. The molecule has 1 aliphatic rings. The van der Waals surface area contributed by atoms with Crippen molar-refractivity contribution in [1.29, 1.82) is 0 Å². The van der Waals surface area contributed by atoms with Crippen LogP contribution >= 0.6 is 11.3 Å². The highest BCUT2D eigenvalue weighted by Crippen LogP contribution is 2.31. The molecule has 3 heterocycles. The molecule has 0 radical (unpaired) electrons. The van der Waals surface area contributed by atoms with Crippen LogP contribution in [-0.2, 0) is 17.8 Å². The third kappa shape index (κ3) is 3.48. The normalized spacial score (nSPS) is 18.6. The molecule has 6 heteroatoms. The van der Waals surface area contributed by atoms with Gasteiger partial charge in [0.25, 0.3) is 0 Å². The second-order valence-electron chi connectivity index (χ2n) is 6.34. The SMILES string of the molecule is CCc1ccc([C@@H]2CCCCCN2C(=O)Cn2c(C)csc2=O)o1. The summed E-state index contributed by atoms with van der Waals surface area (Å²) in [7, 11) is 0. The Balaban J connectivity index is 1.84. The molecular formula is C18H24N2O3S. The zero-order chi connectivity index (χ0) is 17.1. The summed E-state index contributed by atoms with van der Waals surface area (Å²) in [5.74, 6) is 1.82. The van der Waals surface area contributed by atoms with Crippen LogP contribution in [-0.4, -0.2) is 21.9 Å². The summed E-state index contributed by atoms with van der Waals surface area (Å²) in [6.07, 6.45) is 4.98. The van der Waals surface area contributed by atoms with Crippen molar-refractivity contribution >= 4 is 17.2 Å². The number of rotatable bonds is 4. The average Bonchev–Trinajstić information content (AvgIpc) is 3.08. The summed E-state index contributed by atoms with van der Waals surface area (Å²) < 4.78 is 7.49. The zero-order valence-electron chi connectivity index (χ0n) is 14.3. The topological polar surface area (TPSA) is 55.5 Å². The van der Waals surface area contributed by atoms with Gasteiger partial charge in [-0.1, -0.05) is 31.1 Å². The molecule has 1 atom stereocenters. The Hall–Kier alpha value is -1.82. The molecule has 5 nitrogen and oxygen atoms in total. The van der Waals surface area contributed by atoms with Gasteiger partial charge in [0.2, 0.25) is 5.91 Å². The zero-order valence-corrected chi connectivity index (χ0v) is 15.1. The number of hydrogen-bond acceptors (Lipinski definition) is 4. The van der Waals surface area contributed by atoms with E-state index in [4.69, 9.17) is 4.42 Å². The van der Waals surface area contributed by atoms with E-state index in [1.807, 2.05) is 24.0 Å². The molecule has 0 unspecified atom stereocenters. The van der Waals surface area contributed by atoms with Gasteiger partial charge in [0.15, 0.2) is 0 Å². The van der Waals surface area contributed by atoms with Crippen molar-refractivity contribution in [2.75, 3.05) is 6.54 Å². The van der Waals surface area contributed by atoms with Crippen LogP contribution < -0.4 is 4.87 Å². The fourth-order valence-electron chi connectivity index (χ4n) is 3.29. The van der Waals surface area contributed by atoms with Gasteiger partial charge in [-0.15, -0.1) is 0 Å². The summed E-state index contributed by atoms with van der Waals surface area (Å²) >= 11 is 1.15. The number of thiazole rings is 1. The second kappa shape index (κ2) is 7.38. The molecule has 24 heavy (non-hydrogen) atoms. The Morgan fingerprint density at radius 1 is 1.33 bits per heavy atom. The fourth-order valence-corrected chi connectivity index (χ4v) is 4.02. The molecular weight excluding hydrogens is 324 g/mol. The largest absolute Gasteiger partial charge is 0.464 e. The lowest BCUT2D eigenvalue weighted by Crippen LogP contribution is -2.38. The van der Waals surface area contributed by atoms with Gasteiger partial charge in [-0.25, -0.2) is 0 Å². The first-order chi connectivity index (χ1) is 11.6. The van der Waals surface area contributed by atoms with Crippen molar-refractivity contribution < 1.29 is 9.21 Å². The predicted octanol–water partition coefficient (Wildman–Crippen LogP) is 3.52. The third-order valence-electron chi connectivity index (χ3n) is 4.70. The van der Waals surface area contributed by atoms with Crippen LogP contribution in [0.2, 0.25) is 0 Å². The first kappa shape index (κ1) is 17.0. The molecule has 1 aliphatic heterocycles. The second-order valence-corrected chi connectivity index (χ2v) is 7.16. The number of likely N-dealkylation sites (tertiary alicyclic amines) is 1. The van der Waals surface area contributed by atoms with Crippen LogP contribution in [0.15, 0.2) is 26.7 Å². The number of hydrogen-bond donors (Lipinski definition) is 0. The molecule has 2 aromatic heterocycles. The Kier molecular flexibility index (Phi) is 5.23. The Bertz CT molecular complexity index is 758. The summed E-state index contributed by atoms with van der Waals surface area (Å²) in [6.45, 7) is 4.77. The molecule has 3 rings (SSSR count). The van der Waals surface area contributed by atoms with Crippen molar-refractivity contribution in [2.24, 2.45) is 0 Å². The third-order valence-corrected chi connectivity index (χ3v) is 5.58. The summed E-state index contributed by atoms with van der Waals surface area (Å²) in [6, 6.07) is 3.97. The summed E-state index contributed by atoms with van der Waals surface area (Å²) in [5, 5.41) is 1.80. The Labute approximate surface area is 145 Å². The maximum absolute atomic E-state index is 12.9. The van der Waals surface area contributed by atoms with E-state index in [9.17, 15) is 9.59 Å². The minimum atomic E-state index is -0.0708. The monoisotopic (exact) mass is 348 g/mol. The number of aromatic nitrogens is 1. The van der Waals surface area contributed by atoms with Crippen molar-refractivity contribution in [1.82, 2.24) is 9.47 Å². The van der Waals surface area contributed by atoms with Gasteiger partial charge in [0.1, 0.15) is 18.1 Å². The lowest BCUT2D eigenvalue weighted by atomic mass is 10.1. The van der Waals surface area contributed by atoms with Crippen LogP contribution in [0, 0.1) is 6.92 Å². The number of nitrogens with zero attached hydrogens (tertiary/aromatic N) is 2. The smallest absolute Gasteiger partial charge is 0.307 e. The molecule has 0 N–H and O–H groups in total. The van der Waals surface area contributed by atoms with Crippen LogP contribution in [0.3, 0.4) is 0 Å². The van der Waals surface area contributed by atoms with Crippen LogP contribution in [0.4, 0.5) is 0 Å². The fraction of sp³-hybridized carbons (Fsp3) is 0.556. The number of carbonyl (C=O) groups excluding carboxylic acids is 1. The highest BCUT2D eigenvalue weighted by atomic mass is 32.1. The van der Waals surface area contributed by atoms with Crippen molar-refractivity contribution in [3.8, 4) is 0 Å². The van der Waals surface area contributed by atoms with E-state index in [-0.39, 0.29) is 23.4 Å². The van der Waals surface area contributed by atoms with Gasteiger partial charge in [0.05, 0.1) is 6.04 Å². The standard InChI is InChI=1S/C18H24N2O3S/c1-3-14-8-9-16(23-14)15-7-5-4-6-10-19(15)17(21)11-20-13(2)12-24-18(20)22/h8-9,12,15H,3-7,10-11H2,1-2H3/t15-/m0/s1. The van der Waals surface area contributed by atoms with Gasteiger partial charge in [-0.05, 0) is 31.9 Å². The Morgan fingerprint density at radius 3 is 2.83 bits per heavy atom. The highest BCUT2D eigenvalue weighted by Gasteiger charge is 2.29. The first-order valence-electron chi connectivity index (χ1n) is 8.63. The van der Waals surface area contributed by atoms with Gasteiger partial charge in [0, 0.05) is 24.0 Å². The highest BCUT2D eigenvalue weighted by molar-refractivity contribution is 7.07. The number of aryl methyl sites for hydroxylation is 2. The van der Waals surface area contributed by atoms with E-state index in [2.05, 4.69) is 6.92 Å². The molecule has 0 aromatic carbocycles. The number of furan rings is 1. The van der Waals surface area contributed by atoms with Crippen molar-refractivity contribution in [3.05, 3.63) is 44.4 Å². The van der Waals surface area contributed by atoms with E-state index >= 15 is 0 Å². The molecule has 130 valence electrons. The van der Waals surface area contributed by atoms with E-state index in [1.165, 1.54) is 0 Å². The molecule has 0 saturated carbocycles. The van der Waals surface area contributed by atoms with Crippen molar-refractivity contribution in [2.45, 2.75) is 58.5 Å². The van der Waals surface area contributed by atoms with Gasteiger partial charge in [-0.3, -0.25) is 14.2 Å². The van der Waals surface area contributed by atoms with Gasteiger partial charge < -0.3 is 9.32 Å². The van der Waals surface area contributed by atoms with Gasteiger partial charge in [-0.2, -0.15) is 0 Å². The average molecular weight is 348 g/mol. The minimum absolute atomic E-state index is 0.0000477. The van der Waals surface area contributed by atoms with Crippen LogP contribution in [0.25, 0.3) is 0 Å². The summed E-state index contributed by atoms with van der Waals surface area (Å²) in [5.41, 5.74) is 0.844. The number of carbonyl (C=O) groups is 1. The van der Waals surface area contributed by atoms with Crippen LogP contribution in [0.1, 0.15) is 55.9 Å². The van der Waals surface area contributed by atoms with Crippen LogP contribution in [0.5, 0.6) is 0 Å². The van der Waals surface area contributed by atoms with E-state index in [0.717, 1.165) is 67.2 Å². The molecule has 1 fully saturated rings. The van der Waals surface area contributed by atoms with E-state index in [1.54, 1.807) is 9.95 Å². The molecule has 1 amide bonds. The van der Waals surface area contributed by atoms with E-state index in [0.29, 0.717) is 0 Å². The number of amides is 1. The quantitative estimate of drug-likeness (QED) is 0.849. The molecule has 0 bridgehead atoms.